The van der Waals surface area contributed by atoms with Crippen molar-refractivity contribution in [3.8, 4) is 10.7 Å². The molecule has 0 spiro atoms. The molecule has 118 valence electrons. The van der Waals surface area contributed by atoms with Gasteiger partial charge in [-0.25, -0.2) is 19.9 Å². The van der Waals surface area contributed by atoms with Crippen molar-refractivity contribution in [3.05, 3.63) is 38.9 Å². The molecule has 1 amide bonds. The lowest BCUT2D eigenvalue weighted by molar-refractivity contribution is 0.0946. The molecule has 0 atom stereocenters. The molecule has 3 heterocycles. The zero-order valence-corrected chi connectivity index (χ0v) is 14.2. The summed E-state index contributed by atoms with van der Waals surface area (Å²) in [6.07, 6.45) is 0. The molecule has 0 saturated carbocycles. The minimum Gasteiger partial charge on any atom is -0.368 e. The molecule has 7 nitrogen and oxygen atoms in total. The van der Waals surface area contributed by atoms with E-state index in [4.69, 9.17) is 5.73 Å². The van der Waals surface area contributed by atoms with Crippen LogP contribution >= 0.6 is 22.7 Å². The first-order valence-electron chi connectivity index (χ1n) is 6.77. The van der Waals surface area contributed by atoms with E-state index < -0.39 is 0 Å². The first-order valence-corrected chi connectivity index (χ1v) is 8.53. The van der Waals surface area contributed by atoms with Crippen molar-refractivity contribution in [1.29, 1.82) is 0 Å². The zero-order valence-electron chi connectivity index (χ0n) is 12.5. The second-order valence-electron chi connectivity index (χ2n) is 4.86. The molecule has 0 saturated heterocycles. The van der Waals surface area contributed by atoms with Gasteiger partial charge in [0, 0.05) is 22.1 Å². The van der Waals surface area contributed by atoms with Gasteiger partial charge in [-0.15, -0.1) is 22.7 Å². The van der Waals surface area contributed by atoms with Crippen LogP contribution in [0, 0.1) is 13.8 Å². The summed E-state index contributed by atoms with van der Waals surface area (Å²) in [6.45, 7) is 4.16. The number of aromatic nitrogens is 4. The molecule has 0 aliphatic carbocycles. The van der Waals surface area contributed by atoms with Crippen LogP contribution in [0.1, 0.15) is 26.9 Å². The average molecular weight is 346 g/mol. The lowest BCUT2D eigenvalue weighted by Crippen LogP contribution is -2.24. The Morgan fingerprint density at radius 3 is 2.52 bits per heavy atom. The van der Waals surface area contributed by atoms with Crippen LogP contribution in [-0.4, -0.2) is 25.8 Å². The Labute approximate surface area is 140 Å². The van der Waals surface area contributed by atoms with Crippen molar-refractivity contribution in [3.63, 3.8) is 0 Å². The number of rotatable bonds is 4. The van der Waals surface area contributed by atoms with Gasteiger partial charge in [-0.3, -0.25) is 4.79 Å². The Morgan fingerprint density at radius 1 is 1.13 bits per heavy atom. The Kier molecular flexibility index (Phi) is 4.30. The maximum atomic E-state index is 12.3. The zero-order chi connectivity index (χ0) is 16.4. The SMILES string of the molecule is Cc1csc(CNC(=O)c2cc(-c3nc(C)cs3)nc(N)n2)n1. The predicted octanol–water partition coefficient (Wildman–Crippen LogP) is 2.19. The summed E-state index contributed by atoms with van der Waals surface area (Å²) >= 11 is 2.95. The van der Waals surface area contributed by atoms with Crippen LogP contribution in [0.3, 0.4) is 0 Å². The largest absolute Gasteiger partial charge is 0.368 e. The predicted molar refractivity (Wildman–Crippen MR) is 90.3 cm³/mol. The number of nitrogens with one attached hydrogen (secondary N) is 1. The number of anilines is 1. The number of hydrogen-bond acceptors (Lipinski definition) is 8. The summed E-state index contributed by atoms with van der Waals surface area (Å²) in [6, 6.07) is 1.59. The van der Waals surface area contributed by atoms with Crippen molar-refractivity contribution in [2.75, 3.05) is 5.73 Å². The molecule has 3 aromatic heterocycles. The lowest BCUT2D eigenvalue weighted by Gasteiger charge is -2.05. The van der Waals surface area contributed by atoms with E-state index in [9.17, 15) is 4.79 Å². The molecule has 9 heteroatoms. The quantitative estimate of drug-likeness (QED) is 0.750. The molecule has 0 aliphatic heterocycles. The Balaban J connectivity index is 1.78. The number of carbonyl (C=O) groups is 1. The Hall–Kier alpha value is -2.39. The van der Waals surface area contributed by atoms with Gasteiger partial charge in [0.2, 0.25) is 5.95 Å². The number of nitrogen functional groups attached to an aromatic ring is 1. The van der Waals surface area contributed by atoms with Gasteiger partial charge >= 0.3 is 0 Å². The first-order chi connectivity index (χ1) is 11.0. The minimum atomic E-state index is -0.318. The van der Waals surface area contributed by atoms with Gasteiger partial charge in [0.1, 0.15) is 21.4 Å². The second-order valence-corrected chi connectivity index (χ2v) is 6.66. The van der Waals surface area contributed by atoms with Gasteiger partial charge in [0.15, 0.2) is 0 Å². The molecule has 0 radical (unpaired) electrons. The summed E-state index contributed by atoms with van der Waals surface area (Å²) in [7, 11) is 0. The van der Waals surface area contributed by atoms with E-state index in [1.165, 1.54) is 22.7 Å². The van der Waals surface area contributed by atoms with Crippen LogP contribution in [0.2, 0.25) is 0 Å². The standard InChI is InChI=1S/C14H14N6OS2/c1-7-5-22-11(17-7)4-16-12(21)9-3-10(20-14(15)19-9)13-18-8(2)6-23-13/h3,5-6H,4H2,1-2H3,(H,16,21)(H2,15,19,20). The number of nitrogens with two attached hydrogens (primary N) is 1. The minimum absolute atomic E-state index is 0.0468. The highest BCUT2D eigenvalue weighted by molar-refractivity contribution is 7.13. The van der Waals surface area contributed by atoms with Crippen LogP contribution in [0.15, 0.2) is 16.8 Å². The molecule has 0 bridgehead atoms. The van der Waals surface area contributed by atoms with Gasteiger partial charge in [-0.1, -0.05) is 0 Å². The molecule has 0 aliphatic rings. The summed E-state index contributed by atoms with van der Waals surface area (Å²) < 4.78 is 0. The molecule has 3 aromatic rings. The number of nitrogens with zero attached hydrogens (tertiary/aromatic N) is 4. The number of amides is 1. The van der Waals surface area contributed by atoms with Crippen molar-refractivity contribution in [2.24, 2.45) is 0 Å². The van der Waals surface area contributed by atoms with Gasteiger partial charge < -0.3 is 11.1 Å². The van der Waals surface area contributed by atoms with Crippen LogP contribution < -0.4 is 11.1 Å². The molecule has 0 fully saturated rings. The first kappa shape index (κ1) is 15.5. The highest BCUT2D eigenvalue weighted by Crippen LogP contribution is 2.22. The molecular weight excluding hydrogens is 332 g/mol. The van der Waals surface area contributed by atoms with Crippen LogP contribution in [0.4, 0.5) is 5.95 Å². The van der Waals surface area contributed by atoms with Gasteiger partial charge in [0.25, 0.3) is 5.91 Å². The van der Waals surface area contributed by atoms with Crippen molar-refractivity contribution < 1.29 is 4.79 Å². The van der Waals surface area contributed by atoms with Crippen molar-refractivity contribution in [2.45, 2.75) is 20.4 Å². The third-order valence-corrected chi connectivity index (χ3v) is 4.83. The third kappa shape index (κ3) is 3.69. The van der Waals surface area contributed by atoms with Crippen LogP contribution in [-0.2, 0) is 6.54 Å². The van der Waals surface area contributed by atoms with Crippen LogP contribution in [0.5, 0.6) is 0 Å². The highest BCUT2D eigenvalue weighted by atomic mass is 32.1. The van der Waals surface area contributed by atoms with E-state index in [1.807, 2.05) is 24.6 Å². The van der Waals surface area contributed by atoms with E-state index in [0.717, 1.165) is 16.4 Å². The maximum absolute atomic E-state index is 12.3. The smallest absolute Gasteiger partial charge is 0.270 e. The molecular formula is C14H14N6OS2. The molecule has 3 N–H and O–H groups in total. The number of carbonyl (C=O) groups excluding carboxylic acids is 1. The third-order valence-electron chi connectivity index (χ3n) is 2.88. The topological polar surface area (TPSA) is 107 Å². The fourth-order valence-corrected chi connectivity index (χ4v) is 3.36. The van der Waals surface area contributed by atoms with E-state index >= 15 is 0 Å². The summed E-state index contributed by atoms with van der Waals surface area (Å²) in [5, 5.41) is 8.19. The van der Waals surface area contributed by atoms with Gasteiger partial charge in [-0.05, 0) is 19.9 Å². The average Bonchev–Trinajstić information content (AvgIpc) is 3.12. The second kappa shape index (κ2) is 6.39. The van der Waals surface area contributed by atoms with E-state index in [0.29, 0.717) is 17.2 Å². The van der Waals surface area contributed by atoms with Crippen molar-refractivity contribution in [1.82, 2.24) is 25.3 Å². The normalized spacial score (nSPS) is 10.7. The molecule has 23 heavy (non-hydrogen) atoms. The number of hydrogen-bond donors (Lipinski definition) is 2. The van der Waals surface area contributed by atoms with Gasteiger partial charge in [0.05, 0.1) is 6.54 Å². The highest BCUT2D eigenvalue weighted by Gasteiger charge is 2.14. The van der Waals surface area contributed by atoms with Gasteiger partial charge in [-0.2, -0.15) is 0 Å². The maximum Gasteiger partial charge on any atom is 0.270 e. The Bertz CT molecular complexity index is 857. The molecule has 0 unspecified atom stereocenters. The van der Waals surface area contributed by atoms with E-state index in [-0.39, 0.29) is 17.5 Å². The number of aryl methyl sites for hydroxylation is 2. The molecule has 3 rings (SSSR count). The Morgan fingerprint density at radius 2 is 1.87 bits per heavy atom. The monoisotopic (exact) mass is 346 g/mol. The van der Waals surface area contributed by atoms with E-state index in [2.05, 4.69) is 25.3 Å². The van der Waals surface area contributed by atoms with Crippen molar-refractivity contribution >= 4 is 34.5 Å². The van der Waals surface area contributed by atoms with Crippen LogP contribution in [0.25, 0.3) is 10.7 Å². The molecule has 0 aromatic carbocycles. The summed E-state index contributed by atoms with van der Waals surface area (Å²) in [5.74, 6) is -0.271. The summed E-state index contributed by atoms with van der Waals surface area (Å²) in [4.78, 5) is 29.1. The fourth-order valence-electron chi connectivity index (χ4n) is 1.89. The summed E-state index contributed by atoms with van der Waals surface area (Å²) in [5.41, 5.74) is 8.31. The fraction of sp³-hybridized carbons (Fsp3) is 0.214. The van der Waals surface area contributed by atoms with E-state index in [1.54, 1.807) is 6.07 Å². The lowest BCUT2D eigenvalue weighted by atomic mass is 10.3. The number of thiazole rings is 2.